The van der Waals surface area contributed by atoms with Crippen LogP contribution in [0.4, 0.5) is 5.82 Å². The summed E-state index contributed by atoms with van der Waals surface area (Å²) in [5, 5.41) is 6.62. The van der Waals surface area contributed by atoms with Gasteiger partial charge in [0.1, 0.15) is 24.8 Å². The number of fused-ring (bicyclic) bond motifs is 1. The van der Waals surface area contributed by atoms with Gasteiger partial charge in [-0.2, -0.15) is 5.10 Å². The summed E-state index contributed by atoms with van der Waals surface area (Å²) in [7, 11) is 1.61. The standard InChI is InChI=1S/C12H13N3O3/c1-16-7-4-8(9-6-14-15-12(9)13)11-10(5-7)17-2-3-18-11/h4-6H,2-3H2,1H3,(H3,13,14,15). The fourth-order valence-electron chi connectivity index (χ4n) is 1.96. The number of rotatable bonds is 2. The molecule has 0 saturated heterocycles. The van der Waals surface area contributed by atoms with E-state index >= 15 is 0 Å². The molecule has 3 rings (SSSR count). The maximum absolute atomic E-state index is 5.84. The van der Waals surface area contributed by atoms with Crippen molar-refractivity contribution >= 4 is 5.82 Å². The Morgan fingerprint density at radius 2 is 2.11 bits per heavy atom. The second-order valence-corrected chi connectivity index (χ2v) is 3.90. The van der Waals surface area contributed by atoms with Crippen LogP contribution in [0.2, 0.25) is 0 Å². The number of methoxy groups -OCH3 is 1. The van der Waals surface area contributed by atoms with Crippen LogP contribution in [0, 0.1) is 0 Å². The number of hydrogen-bond acceptors (Lipinski definition) is 5. The molecule has 0 spiro atoms. The molecular formula is C12H13N3O3. The number of ether oxygens (including phenoxy) is 3. The molecule has 6 nitrogen and oxygen atoms in total. The molecule has 1 aromatic carbocycles. The molecule has 2 heterocycles. The summed E-state index contributed by atoms with van der Waals surface area (Å²) < 4.78 is 16.5. The van der Waals surface area contributed by atoms with E-state index in [0.29, 0.717) is 36.3 Å². The SMILES string of the molecule is COc1cc2c(c(-c3cn[nH]c3N)c1)OCCO2. The van der Waals surface area contributed by atoms with Gasteiger partial charge in [0.15, 0.2) is 11.5 Å². The van der Waals surface area contributed by atoms with Crippen molar-refractivity contribution in [2.45, 2.75) is 0 Å². The van der Waals surface area contributed by atoms with Crippen molar-refractivity contribution in [2.24, 2.45) is 0 Å². The number of nitrogens with one attached hydrogen (secondary N) is 1. The molecule has 18 heavy (non-hydrogen) atoms. The van der Waals surface area contributed by atoms with Crippen molar-refractivity contribution in [3.8, 4) is 28.4 Å². The first-order valence-corrected chi connectivity index (χ1v) is 5.56. The molecule has 1 aromatic heterocycles. The van der Waals surface area contributed by atoms with Crippen molar-refractivity contribution in [1.29, 1.82) is 0 Å². The quantitative estimate of drug-likeness (QED) is 0.839. The highest BCUT2D eigenvalue weighted by Crippen LogP contribution is 2.44. The van der Waals surface area contributed by atoms with Crippen LogP contribution in [0.1, 0.15) is 0 Å². The second-order valence-electron chi connectivity index (χ2n) is 3.90. The van der Waals surface area contributed by atoms with Gasteiger partial charge in [0, 0.05) is 17.2 Å². The summed E-state index contributed by atoms with van der Waals surface area (Å²) in [5.41, 5.74) is 7.43. The van der Waals surface area contributed by atoms with Crippen LogP contribution >= 0.6 is 0 Å². The summed E-state index contributed by atoms with van der Waals surface area (Å²) in [6.45, 7) is 1.05. The molecule has 1 aliphatic heterocycles. The number of aromatic amines is 1. The average molecular weight is 247 g/mol. The monoisotopic (exact) mass is 247 g/mol. The van der Waals surface area contributed by atoms with E-state index in [4.69, 9.17) is 19.9 Å². The fourth-order valence-corrected chi connectivity index (χ4v) is 1.96. The predicted octanol–water partition coefficient (Wildman–Crippen LogP) is 1.44. The van der Waals surface area contributed by atoms with Crippen LogP contribution in [0.3, 0.4) is 0 Å². The molecule has 0 atom stereocenters. The number of nitrogens with two attached hydrogens (primary N) is 1. The molecule has 0 saturated carbocycles. The Morgan fingerprint density at radius 1 is 1.28 bits per heavy atom. The maximum Gasteiger partial charge on any atom is 0.169 e. The molecule has 0 aliphatic carbocycles. The van der Waals surface area contributed by atoms with Gasteiger partial charge in [-0.05, 0) is 6.07 Å². The Morgan fingerprint density at radius 3 is 2.83 bits per heavy atom. The number of nitrogens with zero attached hydrogens (tertiary/aromatic N) is 1. The van der Waals surface area contributed by atoms with Crippen LogP contribution in [0.5, 0.6) is 17.2 Å². The van der Waals surface area contributed by atoms with Gasteiger partial charge in [0.25, 0.3) is 0 Å². The number of aromatic nitrogens is 2. The molecule has 94 valence electrons. The Labute approximate surface area is 104 Å². The maximum atomic E-state index is 5.84. The van der Waals surface area contributed by atoms with E-state index in [0.717, 1.165) is 11.1 Å². The zero-order chi connectivity index (χ0) is 12.5. The molecule has 0 amide bonds. The molecule has 3 N–H and O–H groups in total. The Bertz CT molecular complexity index is 580. The largest absolute Gasteiger partial charge is 0.497 e. The second kappa shape index (κ2) is 4.14. The van der Waals surface area contributed by atoms with Crippen LogP contribution in [0.25, 0.3) is 11.1 Å². The molecule has 6 heteroatoms. The summed E-state index contributed by atoms with van der Waals surface area (Å²) in [5.74, 6) is 2.51. The molecular weight excluding hydrogens is 234 g/mol. The number of anilines is 1. The third-order valence-corrected chi connectivity index (χ3v) is 2.81. The smallest absolute Gasteiger partial charge is 0.169 e. The number of hydrogen-bond donors (Lipinski definition) is 2. The van der Waals surface area contributed by atoms with E-state index in [1.807, 2.05) is 6.07 Å². The van der Waals surface area contributed by atoms with Gasteiger partial charge in [-0.1, -0.05) is 0 Å². The number of benzene rings is 1. The third kappa shape index (κ3) is 1.62. The van der Waals surface area contributed by atoms with Crippen LogP contribution in [-0.4, -0.2) is 30.5 Å². The highest BCUT2D eigenvalue weighted by molar-refractivity contribution is 5.81. The molecule has 0 bridgehead atoms. The highest BCUT2D eigenvalue weighted by Gasteiger charge is 2.21. The normalized spacial score (nSPS) is 13.4. The average Bonchev–Trinajstić information content (AvgIpc) is 2.83. The van der Waals surface area contributed by atoms with Crippen molar-refractivity contribution in [3.05, 3.63) is 18.3 Å². The lowest BCUT2D eigenvalue weighted by atomic mass is 10.1. The fraction of sp³-hybridized carbons (Fsp3) is 0.250. The van der Waals surface area contributed by atoms with E-state index < -0.39 is 0 Å². The first kappa shape index (κ1) is 10.8. The van der Waals surface area contributed by atoms with Crippen molar-refractivity contribution in [3.63, 3.8) is 0 Å². The zero-order valence-corrected chi connectivity index (χ0v) is 9.90. The summed E-state index contributed by atoms with van der Waals surface area (Å²) in [6, 6.07) is 3.66. The highest BCUT2D eigenvalue weighted by atomic mass is 16.6. The minimum Gasteiger partial charge on any atom is -0.497 e. The van der Waals surface area contributed by atoms with Crippen molar-refractivity contribution < 1.29 is 14.2 Å². The Hall–Kier alpha value is -2.37. The van der Waals surface area contributed by atoms with Gasteiger partial charge in [0.2, 0.25) is 0 Å². The zero-order valence-electron chi connectivity index (χ0n) is 9.90. The van der Waals surface area contributed by atoms with Crippen LogP contribution < -0.4 is 19.9 Å². The van der Waals surface area contributed by atoms with Crippen LogP contribution in [-0.2, 0) is 0 Å². The van der Waals surface area contributed by atoms with Gasteiger partial charge >= 0.3 is 0 Å². The first-order valence-electron chi connectivity index (χ1n) is 5.56. The Kier molecular flexibility index (Phi) is 2.47. The predicted molar refractivity (Wildman–Crippen MR) is 66.0 cm³/mol. The van der Waals surface area contributed by atoms with E-state index in [1.54, 1.807) is 19.4 Å². The van der Waals surface area contributed by atoms with Gasteiger partial charge in [-0.3, -0.25) is 5.10 Å². The van der Waals surface area contributed by atoms with Gasteiger partial charge in [-0.15, -0.1) is 0 Å². The first-order chi connectivity index (χ1) is 8.79. The molecule has 0 radical (unpaired) electrons. The topological polar surface area (TPSA) is 82.4 Å². The lowest BCUT2D eigenvalue weighted by Gasteiger charge is -2.21. The van der Waals surface area contributed by atoms with Crippen molar-refractivity contribution in [1.82, 2.24) is 10.2 Å². The molecule has 0 unspecified atom stereocenters. The van der Waals surface area contributed by atoms with Crippen molar-refractivity contribution in [2.75, 3.05) is 26.1 Å². The summed E-state index contributed by atoms with van der Waals surface area (Å²) >= 11 is 0. The van der Waals surface area contributed by atoms with Gasteiger partial charge in [-0.25, -0.2) is 0 Å². The minimum atomic E-state index is 0.486. The number of H-pyrrole nitrogens is 1. The van der Waals surface area contributed by atoms with E-state index in [-0.39, 0.29) is 0 Å². The molecule has 1 aliphatic rings. The lowest BCUT2D eigenvalue weighted by Crippen LogP contribution is -2.16. The summed E-state index contributed by atoms with van der Waals surface area (Å²) in [4.78, 5) is 0. The molecule has 2 aromatic rings. The number of nitrogen functional groups attached to an aromatic ring is 1. The molecule has 0 fully saturated rings. The van der Waals surface area contributed by atoms with Gasteiger partial charge in [0.05, 0.1) is 13.3 Å². The Balaban J connectivity index is 2.21. The summed E-state index contributed by atoms with van der Waals surface area (Å²) in [6.07, 6.45) is 1.66. The van der Waals surface area contributed by atoms with Gasteiger partial charge < -0.3 is 19.9 Å². The van der Waals surface area contributed by atoms with E-state index in [9.17, 15) is 0 Å². The minimum absolute atomic E-state index is 0.486. The third-order valence-electron chi connectivity index (χ3n) is 2.81. The van der Waals surface area contributed by atoms with Crippen LogP contribution in [0.15, 0.2) is 18.3 Å². The van der Waals surface area contributed by atoms with E-state index in [2.05, 4.69) is 10.2 Å². The van der Waals surface area contributed by atoms with E-state index in [1.165, 1.54) is 0 Å². The lowest BCUT2D eigenvalue weighted by molar-refractivity contribution is 0.171.